The molecule has 1 atom stereocenters. The van der Waals surface area contributed by atoms with E-state index in [1.54, 1.807) is 0 Å². The average molecular weight is 286 g/mol. The molecule has 1 aromatic heterocycles. The molecule has 4 heteroatoms. The maximum atomic E-state index is 4.49. The molecule has 0 aliphatic rings. The summed E-state index contributed by atoms with van der Waals surface area (Å²) in [5, 5.41) is 3.40. The zero-order chi connectivity index (χ0) is 12.1. The lowest BCUT2D eigenvalue weighted by molar-refractivity contribution is 0.557. The van der Waals surface area contributed by atoms with Crippen LogP contribution in [0.3, 0.4) is 0 Å². The van der Waals surface area contributed by atoms with E-state index in [9.17, 15) is 0 Å². The van der Waals surface area contributed by atoms with Crippen molar-refractivity contribution in [3.63, 3.8) is 0 Å². The van der Waals surface area contributed by atoms with E-state index in [0.717, 1.165) is 29.1 Å². The van der Waals surface area contributed by atoms with Gasteiger partial charge in [0.15, 0.2) is 0 Å². The lowest BCUT2D eigenvalue weighted by Gasteiger charge is -2.18. The van der Waals surface area contributed by atoms with Crippen LogP contribution in [0.2, 0.25) is 0 Å². The maximum absolute atomic E-state index is 4.49. The highest BCUT2D eigenvalue weighted by atomic mass is 79.9. The van der Waals surface area contributed by atoms with Gasteiger partial charge in [0.05, 0.1) is 0 Å². The van der Waals surface area contributed by atoms with Gasteiger partial charge in [0.25, 0.3) is 0 Å². The Kier molecular flexibility index (Phi) is 5.19. The third-order valence-corrected chi connectivity index (χ3v) is 3.00. The van der Waals surface area contributed by atoms with Crippen LogP contribution in [-0.2, 0) is 6.42 Å². The van der Waals surface area contributed by atoms with Crippen LogP contribution in [-0.4, -0.2) is 16.0 Å². The van der Waals surface area contributed by atoms with Gasteiger partial charge < -0.3 is 5.32 Å². The van der Waals surface area contributed by atoms with E-state index < -0.39 is 0 Å². The molecule has 1 unspecified atom stereocenters. The summed E-state index contributed by atoms with van der Waals surface area (Å²) in [6, 6.07) is 2.34. The van der Waals surface area contributed by atoms with Crippen LogP contribution >= 0.6 is 15.9 Å². The van der Waals surface area contributed by atoms with Crippen LogP contribution in [0.5, 0.6) is 0 Å². The van der Waals surface area contributed by atoms with Crippen molar-refractivity contribution in [2.75, 3.05) is 5.32 Å². The zero-order valence-corrected chi connectivity index (χ0v) is 12.0. The summed E-state index contributed by atoms with van der Waals surface area (Å²) in [5.41, 5.74) is 0. The molecule has 3 nitrogen and oxygen atoms in total. The van der Waals surface area contributed by atoms with Crippen LogP contribution in [0.15, 0.2) is 10.7 Å². The number of hydrogen-bond donors (Lipinski definition) is 1. The molecular weight excluding hydrogens is 266 g/mol. The molecular formula is C12H20BrN3. The van der Waals surface area contributed by atoms with Crippen molar-refractivity contribution >= 4 is 21.7 Å². The Morgan fingerprint density at radius 3 is 2.56 bits per heavy atom. The highest BCUT2D eigenvalue weighted by Gasteiger charge is 2.09. The second-order valence-corrected chi connectivity index (χ2v) is 5.23. The van der Waals surface area contributed by atoms with Crippen molar-refractivity contribution in [1.82, 2.24) is 9.97 Å². The molecule has 0 amide bonds. The second kappa shape index (κ2) is 6.18. The van der Waals surface area contributed by atoms with Gasteiger partial charge in [-0.3, -0.25) is 0 Å². The SMILES string of the molecule is CCCc1nc(Br)cc(NC(C)C(C)C)n1. The summed E-state index contributed by atoms with van der Waals surface area (Å²) >= 11 is 3.42. The maximum Gasteiger partial charge on any atom is 0.132 e. The molecule has 0 radical (unpaired) electrons. The normalized spacial score (nSPS) is 12.9. The van der Waals surface area contributed by atoms with Crippen LogP contribution in [0.25, 0.3) is 0 Å². The first-order valence-corrected chi connectivity index (χ1v) is 6.62. The van der Waals surface area contributed by atoms with Crippen LogP contribution in [0.4, 0.5) is 5.82 Å². The topological polar surface area (TPSA) is 37.8 Å². The molecule has 1 heterocycles. The third-order valence-electron chi connectivity index (χ3n) is 2.59. The first-order chi connectivity index (χ1) is 7.52. The summed E-state index contributed by atoms with van der Waals surface area (Å²) in [7, 11) is 0. The fourth-order valence-electron chi connectivity index (χ4n) is 1.27. The van der Waals surface area contributed by atoms with E-state index in [1.165, 1.54) is 0 Å². The molecule has 90 valence electrons. The highest BCUT2D eigenvalue weighted by Crippen LogP contribution is 2.15. The Hall–Kier alpha value is -0.640. The van der Waals surface area contributed by atoms with Gasteiger partial charge in [-0.15, -0.1) is 0 Å². The Morgan fingerprint density at radius 1 is 1.31 bits per heavy atom. The second-order valence-electron chi connectivity index (χ2n) is 4.42. The number of rotatable bonds is 5. The molecule has 0 spiro atoms. The van der Waals surface area contributed by atoms with Gasteiger partial charge in [0.1, 0.15) is 16.2 Å². The van der Waals surface area contributed by atoms with Crippen LogP contribution in [0.1, 0.15) is 39.9 Å². The predicted octanol–water partition coefficient (Wildman–Crippen LogP) is 3.65. The lowest BCUT2D eigenvalue weighted by Crippen LogP contribution is -2.22. The summed E-state index contributed by atoms with van der Waals surface area (Å²) in [4.78, 5) is 8.83. The van der Waals surface area contributed by atoms with Crippen molar-refractivity contribution in [1.29, 1.82) is 0 Å². The first kappa shape index (κ1) is 13.4. The Balaban J connectivity index is 2.79. The molecule has 0 aliphatic heterocycles. The van der Waals surface area contributed by atoms with E-state index in [0.29, 0.717) is 12.0 Å². The van der Waals surface area contributed by atoms with E-state index in [-0.39, 0.29) is 0 Å². The summed E-state index contributed by atoms with van der Waals surface area (Å²) in [5.74, 6) is 2.39. The number of nitrogens with zero attached hydrogens (tertiary/aromatic N) is 2. The standard InChI is InChI=1S/C12H20BrN3/c1-5-6-11-15-10(13)7-12(16-11)14-9(4)8(2)3/h7-9H,5-6H2,1-4H3,(H,14,15,16). The molecule has 0 saturated heterocycles. The highest BCUT2D eigenvalue weighted by molar-refractivity contribution is 9.10. The van der Waals surface area contributed by atoms with Crippen LogP contribution < -0.4 is 5.32 Å². The molecule has 0 fully saturated rings. The molecule has 1 aromatic rings. The monoisotopic (exact) mass is 285 g/mol. The zero-order valence-electron chi connectivity index (χ0n) is 10.4. The number of halogens is 1. The van der Waals surface area contributed by atoms with Crippen molar-refractivity contribution in [2.45, 2.75) is 46.6 Å². The van der Waals surface area contributed by atoms with Gasteiger partial charge in [0, 0.05) is 18.5 Å². The fourth-order valence-corrected chi connectivity index (χ4v) is 1.70. The predicted molar refractivity (Wildman–Crippen MR) is 71.6 cm³/mol. The average Bonchev–Trinajstić information content (AvgIpc) is 2.16. The molecule has 0 bridgehead atoms. The molecule has 1 rings (SSSR count). The van der Waals surface area contributed by atoms with E-state index in [4.69, 9.17) is 0 Å². The Morgan fingerprint density at radius 2 is 2.00 bits per heavy atom. The molecule has 0 aromatic carbocycles. The fraction of sp³-hybridized carbons (Fsp3) is 0.667. The third kappa shape index (κ3) is 4.08. The van der Waals surface area contributed by atoms with Gasteiger partial charge in [0.2, 0.25) is 0 Å². The smallest absolute Gasteiger partial charge is 0.132 e. The van der Waals surface area contributed by atoms with E-state index in [2.05, 4.69) is 58.9 Å². The number of nitrogens with one attached hydrogen (secondary N) is 1. The summed E-state index contributed by atoms with van der Waals surface area (Å²) < 4.78 is 0.851. The van der Waals surface area contributed by atoms with Crippen molar-refractivity contribution in [3.8, 4) is 0 Å². The minimum atomic E-state index is 0.413. The molecule has 0 saturated carbocycles. The van der Waals surface area contributed by atoms with Gasteiger partial charge in [-0.25, -0.2) is 9.97 Å². The van der Waals surface area contributed by atoms with E-state index >= 15 is 0 Å². The number of anilines is 1. The van der Waals surface area contributed by atoms with E-state index in [1.807, 2.05) is 6.07 Å². The van der Waals surface area contributed by atoms with Crippen molar-refractivity contribution in [2.24, 2.45) is 5.92 Å². The lowest BCUT2D eigenvalue weighted by atomic mass is 10.1. The Labute approximate surface area is 106 Å². The minimum absolute atomic E-state index is 0.413. The van der Waals surface area contributed by atoms with Crippen molar-refractivity contribution < 1.29 is 0 Å². The minimum Gasteiger partial charge on any atom is -0.367 e. The van der Waals surface area contributed by atoms with Gasteiger partial charge in [-0.05, 0) is 35.2 Å². The molecule has 1 N–H and O–H groups in total. The quantitative estimate of drug-likeness (QED) is 0.840. The van der Waals surface area contributed by atoms with Gasteiger partial charge in [-0.1, -0.05) is 20.8 Å². The first-order valence-electron chi connectivity index (χ1n) is 5.83. The summed E-state index contributed by atoms with van der Waals surface area (Å²) in [6.07, 6.45) is 1.99. The molecule has 16 heavy (non-hydrogen) atoms. The number of hydrogen-bond acceptors (Lipinski definition) is 3. The largest absolute Gasteiger partial charge is 0.367 e. The molecule has 0 aliphatic carbocycles. The van der Waals surface area contributed by atoms with Crippen LogP contribution in [0, 0.1) is 5.92 Å². The number of aromatic nitrogens is 2. The number of aryl methyl sites for hydroxylation is 1. The van der Waals surface area contributed by atoms with Gasteiger partial charge >= 0.3 is 0 Å². The Bertz CT molecular complexity index is 339. The summed E-state index contributed by atoms with van der Waals surface area (Å²) in [6.45, 7) is 8.69. The van der Waals surface area contributed by atoms with Crippen molar-refractivity contribution in [3.05, 3.63) is 16.5 Å². The van der Waals surface area contributed by atoms with Gasteiger partial charge in [-0.2, -0.15) is 0 Å².